The standard InChI is InChI=1S/C23H22BN3O/c1-14-11-12-17-16-8-5-6-10-19(16)28-21(17)20(14)26-15(2)27(23(3,4)24)22-18(26)9-7-13-25-22/h5-13,15H,1-4H3. The molecule has 138 valence electrons. The van der Waals surface area contributed by atoms with Gasteiger partial charge in [-0.25, -0.2) is 4.98 Å². The number of para-hydroxylation sites is 1. The smallest absolute Gasteiger partial charge is 0.159 e. The molecule has 1 aliphatic heterocycles. The molecule has 0 aliphatic carbocycles. The van der Waals surface area contributed by atoms with Gasteiger partial charge < -0.3 is 14.2 Å². The number of nitrogens with zero attached hydrogens (tertiary/aromatic N) is 3. The third-order valence-electron chi connectivity index (χ3n) is 5.59. The quantitative estimate of drug-likeness (QED) is 0.438. The average molecular weight is 367 g/mol. The van der Waals surface area contributed by atoms with E-state index >= 15 is 0 Å². The molecule has 4 aromatic rings. The van der Waals surface area contributed by atoms with Crippen molar-refractivity contribution in [2.75, 3.05) is 9.80 Å². The van der Waals surface area contributed by atoms with Gasteiger partial charge in [0.25, 0.3) is 0 Å². The molecular formula is C23H22BN3O. The number of benzene rings is 2. The maximum atomic E-state index is 6.53. The molecule has 0 spiro atoms. The third kappa shape index (κ3) is 2.29. The van der Waals surface area contributed by atoms with E-state index < -0.39 is 5.44 Å². The molecule has 1 unspecified atom stereocenters. The van der Waals surface area contributed by atoms with Crippen LogP contribution in [0.3, 0.4) is 0 Å². The SMILES string of the molecule is [B]C(C)(C)N1c2ncccc2N(c2c(C)ccc3c2oc2ccccc23)C1C. The molecule has 0 bridgehead atoms. The highest BCUT2D eigenvalue weighted by atomic mass is 16.3. The molecule has 28 heavy (non-hydrogen) atoms. The van der Waals surface area contributed by atoms with Crippen molar-refractivity contribution in [2.24, 2.45) is 0 Å². The lowest BCUT2D eigenvalue weighted by Gasteiger charge is -2.39. The normalized spacial score (nSPS) is 16.9. The maximum absolute atomic E-state index is 6.53. The fourth-order valence-corrected chi connectivity index (χ4v) is 4.49. The summed E-state index contributed by atoms with van der Waals surface area (Å²) in [6.07, 6.45) is 1.82. The van der Waals surface area contributed by atoms with Crippen LogP contribution in [0.5, 0.6) is 0 Å². The third-order valence-corrected chi connectivity index (χ3v) is 5.59. The van der Waals surface area contributed by atoms with Crippen molar-refractivity contribution in [3.8, 4) is 0 Å². The predicted molar refractivity (Wildman–Crippen MR) is 117 cm³/mol. The van der Waals surface area contributed by atoms with E-state index in [1.807, 2.05) is 44.3 Å². The molecule has 0 saturated heterocycles. The second-order valence-corrected chi connectivity index (χ2v) is 8.08. The largest absolute Gasteiger partial charge is 0.454 e. The summed E-state index contributed by atoms with van der Waals surface area (Å²) in [4.78, 5) is 9.13. The maximum Gasteiger partial charge on any atom is 0.159 e. The minimum Gasteiger partial charge on any atom is -0.454 e. The summed E-state index contributed by atoms with van der Waals surface area (Å²) in [5, 5.41) is 2.26. The number of hydrogen-bond acceptors (Lipinski definition) is 4. The van der Waals surface area contributed by atoms with Gasteiger partial charge in [-0.15, -0.1) is 0 Å². The zero-order valence-electron chi connectivity index (χ0n) is 16.6. The molecule has 1 aliphatic rings. The van der Waals surface area contributed by atoms with Crippen LogP contribution >= 0.6 is 0 Å². The highest BCUT2D eigenvalue weighted by Crippen LogP contribution is 2.49. The van der Waals surface area contributed by atoms with Crippen LogP contribution in [0.4, 0.5) is 17.2 Å². The van der Waals surface area contributed by atoms with Crippen molar-refractivity contribution in [1.82, 2.24) is 4.98 Å². The zero-order chi connectivity index (χ0) is 19.6. The van der Waals surface area contributed by atoms with E-state index in [9.17, 15) is 0 Å². The van der Waals surface area contributed by atoms with E-state index in [0.29, 0.717) is 0 Å². The van der Waals surface area contributed by atoms with Gasteiger partial charge in [-0.1, -0.05) is 44.2 Å². The molecule has 2 aromatic heterocycles. The number of aryl methyl sites for hydroxylation is 1. The van der Waals surface area contributed by atoms with Crippen LogP contribution in [-0.2, 0) is 0 Å². The van der Waals surface area contributed by atoms with Crippen LogP contribution in [0, 0.1) is 6.92 Å². The lowest BCUT2D eigenvalue weighted by molar-refractivity contribution is 0.555. The van der Waals surface area contributed by atoms with Crippen molar-refractivity contribution in [3.63, 3.8) is 0 Å². The van der Waals surface area contributed by atoms with Gasteiger partial charge in [-0.2, -0.15) is 0 Å². The predicted octanol–water partition coefficient (Wildman–Crippen LogP) is 5.50. The first-order valence-electron chi connectivity index (χ1n) is 9.61. The van der Waals surface area contributed by atoms with E-state index in [1.54, 1.807) is 0 Å². The summed E-state index contributed by atoms with van der Waals surface area (Å²) >= 11 is 0. The molecule has 1 atom stereocenters. The second kappa shape index (κ2) is 5.77. The van der Waals surface area contributed by atoms with Crippen molar-refractivity contribution in [2.45, 2.75) is 39.3 Å². The first-order valence-corrected chi connectivity index (χ1v) is 9.61. The van der Waals surface area contributed by atoms with Crippen molar-refractivity contribution in [3.05, 3.63) is 60.3 Å². The molecule has 0 amide bonds. The van der Waals surface area contributed by atoms with E-state index in [-0.39, 0.29) is 6.17 Å². The van der Waals surface area contributed by atoms with Crippen LogP contribution in [0.2, 0.25) is 0 Å². The summed E-state index contributed by atoms with van der Waals surface area (Å²) in [5.41, 5.74) is 4.53. The topological polar surface area (TPSA) is 32.5 Å². The molecule has 4 nitrogen and oxygen atoms in total. The van der Waals surface area contributed by atoms with Crippen molar-refractivity contribution in [1.29, 1.82) is 0 Å². The molecule has 5 rings (SSSR count). The second-order valence-electron chi connectivity index (χ2n) is 8.08. The molecule has 2 aromatic carbocycles. The van der Waals surface area contributed by atoms with Gasteiger partial charge in [0.15, 0.2) is 11.4 Å². The monoisotopic (exact) mass is 367 g/mol. The fraction of sp³-hybridized carbons (Fsp3) is 0.261. The summed E-state index contributed by atoms with van der Waals surface area (Å²) < 4.78 is 6.35. The minimum atomic E-state index is -0.549. The van der Waals surface area contributed by atoms with Crippen LogP contribution < -0.4 is 9.80 Å². The lowest BCUT2D eigenvalue weighted by Crippen LogP contribution is -2.51. The van der Waals surface area contributed by atoms with Gasteiger partial charge in [0.1, 0.15) is 19.6 Å². The highest BCUT2D eigenvalue weighted by Gasteiger charge is 2.41. The molecule has 5 heteroatoms. The molecule has 0 fully saturated rings. The first-order chi connectivity index (χ1) is 13.4. The van der Waals surface area contributed by atoms with Gasteiger partial charge in [0.05, 0.1) is 11.4 Å². The molecule has 0 N–H and O–H groups in total. The Labute approximate surface area is 166 Å². The van der Waals surface area contributed by atoms with Crippen molar-refractivity contribution >= 4 is 47.0 Å². The van der Waals surface area contributed by atoms with Gasteiger partial charge in [0, 0.05) is 17.0 Å². The Balaban J connectivity index is 1.82. The van der Waals surface area contributed by atoms with Crippen molar-refractivity contribution < 1.29 is 4.42 Å². The molecule has 3 heterocycles. The van der Waals surface area contributed by atoms with Crippen LogP contribution in [0.1, 0.15) is 26.3 Å². The Morgan fingerprint density at radius 3 is 2.61 bits per heavy atom. The Morgan fingerprint density at radius 2 is 1.82 bits per heavy atom. The van der Waals surface area contributed by atoms with E-state index in [0.717, 1.165) is 44.7 Å². The highest BCUT2D eigenvalue weighted by molar-refractivity contribution is 6.17. The average Bonchev–Trinajstić information content (AvgIpc) is 3.16. The number of rotatable bonds is 2. The van der Waals surface area contributed by atoms with Gasteiger partial charge >= 0.3 is 0 Å². The minimum absolute atomic E-state index is 0.00223. The Kier molecular flexibility index (Phi) is 3.54. The molecular weight excluding hydrogens is 345 g/mol. The van der Waals surface area contributed by atoms with Gasteiger partial charge in [-0.05, 0) is 43.0 Å². The number of furan rings is 1. The fourth-order valence-electron chi connectivity index (χ4n) is 4.49. The van der Waals surface area contributed by atoms with Crippen LogP contribution in [0.25, 0.3) is 21.9 Å². The van der Waals surface area contributed by atoms with Gasteiger partial charge in [0.2, 0.25) is 0 Å². The summed E-state index contributed by atoms with van der Waals surface area (Å²) in [6.45, 7) is 8.32. The lowest BCUT2D eigenvalue weighted by atomic mass is 9.80. The number of aromatic nitrogens is 1. The first kappa shape index (κ1) is 17.2. The number of fused-ring (bicyclic) bond motifs is 4. The van der Waals surface area contributed by atoms with E-state index in [1.165, 1.54) is 0 Å². The Morgan fingerprint density at radius 1 is 1.04 bits per heavy atom. The summed E-state index contributed by atoms with van der Waals surface area (Å²) in [7, 11) is 6.53. The zero-order valence-corrected chi connectivity index (χ0v) is 16.6. The van der Waals surface area contributed by atoms with Crippen LogP contribution in [0.15, 0.2) is 59.1 Å². The summed E-state index contributed by atoms with van der Waals surface area (Å²) in [6, 6.07) is 16.6. The molecule has 0 saturated carbocycles. The number of pyridine rings is 1. The Bertz CT molecular complexity index is 1210. The Hall–Kier alpha value is -2.95. The molecule has 2 radical (unpaired) electrons. The van der Waals surface area contributed by atoms with E-state index in [2.05, 4.69) is 52.9 Å². The van der Waals surface area contributed by atoms with E-state index in [4.69, 9.17) is 12.3 Å². The summed E-state index contributed by atoms with van der Waals surface area (Å²) in [5.74, 6) is 0.898. The van der Waals surface area contributed by atoms with Gasteiger partial charge in [-0.3, -0.25) is 0 Å². The number of anilines is 3. The van der Waals surface area contributed by atoms with Crippen LogP contribution in [-0.4, -0.2) is 24.4 Å². The number of hydrogen-bond donors (Lipinski definition) is 0.